The van der Waals surface area contributed by atoms with E-state index >= 15 is 0 Å². The molecule has 0 aromatic heterocycles. The molecule has 3 heteroatoms. The van der Waals surface area contributed by atoms with E-state index < -0.39 is 0 Å². The van der Waals surface area contributed by atoms with E-state index in [9.17, 15) is 0 Å². The van der Waals surface area contributed by atoms with Gasteiger partial charge in [0.25, 0.3) is 0 Å². The van der Waals surface area contributed by atoms with Gasteiger partial charge in [-0.15, -0.1) is 11.8 Å². The number of benzene rings is 2. The third-order valence-electron chi connectivity index (χ3n) is 4.03. The number of hydrogen-bond acceptors (Lipinski definition) is 3. The molecule has 2 unspecified atom stereocenters. The van der Waals surface area contributed by atoms with Crippen molar-refractivity contribution >= 4 is 11.8 Å². The van der Waals surface area contributed by atoms with Crippen molar-refractivity contribution in [3.63, 3.8) is 0 Å². The summed E-state index contributed by atoms with van der Waals surface area (Å²) in [5, 5.41) is 3.78. The lowest BCUT2D eigenvalue weighted by molar-refractivity contribution is 0.0273. The highest BCUT2D eigenvalue weighted by molar-refractivity contribution is 7.99. The lowest BCUT2D eigenvalue weighted by atomic mass is 10.1. The molecule has 22 heavy (non-hydrogen) atoms. The molecule has 0 spiro atoms. The van der Waals surface area contributed by atoms with Crippen LogP contribution in [0.4, 0.5) is 0 Å². The summed E-state index contributed by atoms with van der Waals surface area (Å²) in [5.41, 5.74) is 2.75. The van der Waals surface area contributed by atoms with Gasteiger partial charge in [0.05, 0.1) is 18.0 Å². The van der Waals surface area contributed by atoms with E-state index in [1.807, 2.05) is 11.8 Å². The number of ether oxygens (including phenoxy) is 1. The number of morpholine rings is 1. The van der Waals surface area contributed by atoms with Gasteiger partial charge in [-0.2, -0.15) is 0 Å². The molecule has 2 aromatic carbocycles. The van der Waals surface area contributed by atoms with E-state index in [4.69, 9.17) is 4.74 Å². The van der Waals surface area contributed by atoms with Gasteiger partial charge >= 0.3 is 0 Å². The molecule has 1 aliphatic rings. The number of thioether (sulfide) groups is 1. The van der Waals surface area contributed by atoms with Crippen molar-refractivity contribution in [1.82, 2.24) is 5.32 Å². The molecule has 116 valence electrons. The zero-order valence-corrected chi connectivity index (χ0v) is 13.8. The summed E-state index contributed by atoms with van der Waals surface area (Å²) in [7, 11) is 0. The maximum Gasteiger partial charge on any atom is 0.0862 e. The Morgan fingerprint density at radius 2 is 1.91 bits per heavy atom. The van der Waals surface area contributed by atoms with Gasteiger partial charge in [0.1, 0.15) is 0 Å². The molecule has 0 aliphatic carbocycles. The Hall–Kier alpha value is -1.29. The van der Waals surface area contributed by atoms with Gasteiger partial charge in [0.15, 0.2) is 0 Å². The SMILES string of the molecule is CCc1ccccc1SC(c1ccccc1)C1CNCCO1. The summed E-state index contributed by atoms with van der Waals surface area (Å²) >= 11 is 1.93. The van der Waals surface area contributed by atoms with Crippen molar-refractivity contribution in [1.29, 1.82) is 0 Å². The van der Waals surface area contributed by atoms with E-state index in [-0.39, 0.29) is 6.10 Å². The van der Waals surface area contributed by atoms with Crippen molar-refractivity contribution < 1.29 is 4.74 Å². The highest BCUT2D eigenvalue weighted by Gasteiger charge is 2.27. The summed E-state index contributed by atoms with van der Waals surface area (Å²) < 4.78 is 6.06. The van der Waals surface area contributed by atoms with Crippen LogP contribution in [0.15, 0.2) is 59.5 Å². The van der Waals surface area contributed by atoms with Crippen LogP contribution in [0.5, 0.6) is 0 Å². The van der Waals surface area contributed by atoms with E-state index in [1.165, 1.54) is 16.0 Å². The van der Waals surface area contributed by atoms with Crippen LogP contribution in [0.3, 0.4) is 0 Å². The molecule has 1 saturated heterocycles. The highest BCUT2D eigenvalue weighted by atomic mass is 32.2. The Labute approximate surface area is 137 Å². The molecule has 2 aromatic rings. The molecule has 1 heterocycles. The zero-order chi connectivity index (χ0) is 15.2. The molecule has 1 fully saturated rings. The summed E-state index contributed by atoms with van der Waals surface area (Å²) in [6, 6.07) is 19.4. The van der Waals surface area contributed by atoms with Crippen LogP contribution in [0.25, 0.3) is 0 Å². The molecule has 3 rings (SSSR count). The summed E-state index contributed by atoms with van der Waals surface area (Å²) in [4.78, 5) is 1.37. The van der Waals surface area contributed by atoms with Crippen LogP contribution < -0.4 is 5.32 Å². The first-order valence-electron chi connectivity index (χ1n) is 8.00. The van der Waals surface area contributed by atoms with E-state index in [1.54, 1.807) is 0 Å². The van der Waals surface area contributed by atoms with Gasteiger partial charge in [0, 0.05) is 18.0 Å². The number of nitrogens with one attached hydrogen (secondary N) is 1. The predicted molar refractivity (Wildman–Crippen MR) is 93.5 cm³/mol. The average Bonchev–Trinajstić information content (AvgIpc) is 2.61. The van der Waals surface area contributed by atoms with Crippen molar-refractivity contribution in [3.05, 3.63) is 65.7 Å². The van der Waals surface area contributed by atoms with Crippen LogP contribution >= 0.6 is 11.8 Å². The van der Waals surface area contributed by atoms with Crippen molar-refractivity contribution in [2.45, 2.75) is 29.6 Å². The van der Waals surface area contributed by atoms with Crippen LogP contribution in [0.1, 0.15) is 23.3 Å². The van der Waals surface area contributed by atoms with Gasteiger partial charge in [0.2, 0.25) is 0 Å². The summed E-state index contributed by atoms with van der Waals surface area (Å²) in [5.74, 6) is 0. The van der Waals surface area contributed by atoms with Gasteiger partial charge < -0.3 is 10.1 Å². The Kier molecular flexibility index (Phi) is 5.54. The Morgan fingerprint density at radius 1 is 1.14 bits per heavy atom. The first kappa shape index (κ1) is 15.6. The second-order valence-corrected chi connectivity index (χ2v) is 6.71. The second kappa shape index (κ2) is 7.82. The minimum absolute atomic E-state index is 0.214. The highest BCUT2D eigenvalue weighted by Crippen LogP contribution is 2.40. The number of rotatable bonds is 5. The molecular weight excluding hydrogens is 290 g/mol. The maximum atomic E-state index is 6.06. The molecule has 0 amide bonds. The van der Waals surface area contributed by atoms with Gasteiger partial charge in [-0.25, -0.2) is 0 Å². The minimum Gasteiger partial charge on any atom is -0.374 e. The molecule has 2 atom stereocenters. The van der Waals surface area contributed by atoms with Crippen LogP contribution in [0.2, 0.25) is 0 Å². The average molecular weight is 313 g/mol. The maximum absolute atomic E-state index is 6.06. The van der Waals surface area contributed by atoms with Gasteiger partial charge in [-0.05, 0) is 23.6 Å². The van der Waals surface area contributed by atoms with Crippen molar-refractivity contribution in [2.24, 2.45) is 0 Å². The quantitative estimate of drug-likeness (QED) is 0.841. The first-order chi connectivity index (χ1) is 10.9. The van der Waals surface area contributed by atoms with Crippen molar-refractivity contribution in [2.75, 3.05) is 19.7 Å². The monoisotopic (exact) mass is 313 g/mol. The second-order valence-electron chi connectivity index (χ2n) is 5.52. The predicted octanol–water partition coefficient (Wildman–Crippen LogP) is 4.07. The summed E-state index contributed by atoms with van der Waals surface area (Å²) in [6.45, 7) is 4.88. The molecule has 0 bridgehead atoms. The van der Waals surface area contributed by atoms with E-state index in [0.717, 1.165) is 26.1 Å². The molecular formula is C19H23NOS. The fraction of sp³-hybridized carbons (Fsp3) is 0.368. The molecule has 1 N–H and O–H groups in total. The lowest BCUT2D eigenvalue weighted by Gasteiger charge is -2.31. The van der Waals surface area contributed by atoms with Gasteiger partial charge in [-0.1, -0.05) is 55.5 Å². The van der Waals surface area contributed by atoms with E-state index in [2.05, 4.69) is 66.8 Å². The van der Waals surface area contributed by atoms with Crippen LogP contribution in [-0.2, 0) is 11.2 Å². The standard InChI is InChI=1S/C19H23NOS/c1-2-15-8-6-7-11-18(15)22-19(16-9-4-3-5-10-16)17-14-20-12-13-21-17/h3-11,17,19-20H,2,12-14H2,1H3. The Balaban J connectivity index is 1.88. The fourth-order valence-corrected chi connectivity index (χ4v) is 4.24. The molecule has 2 nitrogen and oxygen atoms in total. The Bertz CT molecular complexity index is 581. The first-order valence-corrected chi connectivity index (χ1v) is 8.88. The van der Waals surface area contributed by atoms with E-state index in [0.29, 0.717) is 5.25 Å². The fourth-order valence-electron chi connectivity index (χ4n) is 2.83. The largest absolute Gasteiger partial charge is 0.374 e. The molecule has 0 radical (unpaired) electrons. The number of hydrogen-bond donors (Lipinski definition) is 1. The zero-order valence-electron chi connectivity index (χ0n) is 13.0. The number of aryl methyl sites for hydroxylation is 1. The van der Waals surface area contributed by atoms with Crippen LogP contribution in [-0.4, -0.2) is 25.8 Å². The molecule has 0 saturated carbocycles. The van der Waals surface area contributed by atoms with Gasteiger partial charge in [-0.3, -0.25) is 0 Å². The molecule has 1 aliphatic heterocycles. The van der Waals surface area contributed by atoms with Crippen molar-refractivity contribution in [3.8, 4) is 0 Å². The van der Waals surface area contributed by atoms with Crippen LogP contribution in [0, 0.1) is 0 Å². The third kappa shape index (κ3) is 3.72. The topological polar surface area (TPSA) is 21.3 Å². The normalized spacial score (nSPS) is 19.8. The Morgan fingerprint density at radius 3 is 2.64 bits per heavy atom. The third-order valence-corrected chi connectivity index (χ3v) is 5.51. The smallest absolute Gasteiger partial charge is 0.0862 e. The minimum atomic E-state index is 0.214. The summed E-state index contributed by atoms with van der Waals surface area (Å²) in [6.07, 6.45) is 1.28. The lowest BCUT2D eigenvalue weighted by Crippen LogP contribution is -2.41.